The van der Waals surface area contributed by atoms with E-state index < -0.39 is 0 Å². The SMILES string of the molecule is CC[C@H]1C[C@@H](NC(C)=O)C[C@@H](c2ccccc2C#Cc2ccccc2)O1. The Morgan fingerprint density at radius 1 is 1.08 bits per heavy atom. The van der Waals surface area contributed by atoms with Crippen molar-refractivity contribution in [1.29, 1.82) is 0 Å². The molecule has 0 spiro atoms. The van der Waals surface area contributed by atoms with E-state index in [-0.39, 0.29) is 24.2 Å². The van der Waals surface area contributed by atoms with Gasteiger partial charge in [-0.15, -0.1) is 0 Å². The van der Waals surface area contributed by atoms with E-state index in [1.165, 1.54) is 0 Å². The second-order valence-corrected chi connectivity index (χ2v) is 6.73. The van der Waals surface area contributed by atoms with Gasteiger partial charge in [0.1, 0.15) is 0 Å². The van der Waals surface area contributed by atoms with E-state index in [0.717, 1.165) is 36.0 Å². The highest BCUT2D eigenvalue weighted by Crippen LogP contribution is 2.34. The third-order valence-electron chi connectivity index (χ3n) is 4.69. The molecular formula is C23H25NO2. The maximum Gasteiger partial charge on any atom is 0.217 e. The summed E-state index contributed by atoms with van der Waals surface area (Å²) >= 11 is 0. The topological polar surface area (TPSA) is 38.3 Å². The molecule has 3 heteroatoms. The van der Waals surface area contributed by atoms with Crippen LogP contribution in [0.25, 0.3) is 0 Å². The minimum Gasteiger partial charge on any atom is -0.370 e. The molecule has 0 bridgehead atoms. The predicted octanol–water partition coefficient (Wildman–Crippen LogP) is 4.22. The maximum absolute atomic E-state index is 11.5. The number of carbonyl (C=O) groups is 1. The van der Waals surface area contributed by atoms with Crippen LogP contribution in [0.4, 0.5) is 0 Å². The largest absolute Gasteiger partial charge is 0.370 e. The Hall–Kier alpha value is -2.57. The van der Waals surface area contributed by atoms with E-state index in [0.29, 0.717) is 0 Å². The predicted molar refractivity (Wildman–Crippen MR) is 104 cm³/mol. The Balaban J connectivity index is 1.86. The zero-order valence-corrected chi connectivity index (χ0v) is 15.4. The van der Waals surface area contributed by atoms with Crippen molar-refractivity contribution in [3.05, 3.63) is 71.3 Å². The van der Waals surface area contributed by atoms with Crippen LogP contribution in [0.1, 0.15) is 55.9 Å². The fourth-order valence-electron chi connectivity index (χ4n) is 3.44. The molecule has 3 nitrogen and oxygen atoms in total. The smallest absolute Gasteiger partial charge is 0.217 e. The normalized spacial score (nSPS) is 22.2. The first kappa shape index (κ1) is 18.2. The van der Waals surface area contributed by atoms with Gasteiger partial charge in [0.15, 0.2) is 0 Å². The summed E-state index contributed by atoms with van der Waals surface area (Å²) < 4.78 is 6.31. The molecule has 1 amide bonds. The minimum atomic E-state index is -0.0492. The summed E-state index contributed by atoms with van der Waals surface area (Å²) in [6.07, 6.45) is 2.68. The van der Waals surface area contributed by atoms with Gasteiger partial charge < -0.3 is 10.1 Å². The summed E-state index contributed by atoms with van der Waals surface area (Å²) in [4.78, 5) is 11.5. The van der Waals surface area contributed by atoms with Gasteiger partial charge in [0.05, 0.1) is 12.2 Å². The van der Waals surface area contributed by atoms with Crippen molar-refractivity contribution in [2.75, 3.05) is 0 Å². The zero-order valence-electron chi connectivity index (χ0n) is 15.4. The highest BCUT2D eigenvalue weighted by Gasteiger charge is 2.30. The highest BCUT2D eigenvalue weighted by molar-refractivity contribution is 5.73. The van der Waals surface area contributed by atoms with Crippen LogP contribution in [0.15, 0.2) is 54.6 Å². The lowest BCUT2D eigenvalue weighted by molar-refractivity contribution is -0.122. The molecule has 1 saturated heterocycles. The van der Waals surface area contributed by atoms with Crippen molar-refractivity contribution in [3.63, 3.8) is 0 Å². The van der Waals surface area contributed by atoms with E-state index >= 15 is 0 Å². The Morgan fingerprint density at radius 3 is 2.54 bits per heavy atom. The summed E-state index contributed by atoms with van der Waals surface area (Å²) in [5.41, 5.74) is 3.08. The Morgan fingerprint density at radius 2 is 1.81 bits per heavy atom. The maximum atomic E-state index is 11.5. The lowest BCUT2D eigenvalue weighted by Gasteiger charge is -2.36. The van der Waals surface area contributed by atoms with Crippen LogP contribution in [0.2, 0.25) is 0 Å². The average Bonchev–Trinajstić information content (AvgIpc) is 2.66. The van der Waals surface area contributed by atoms with Gasteiger partial charge in [-0.25, -0.2) is 0 Å². The lowest BCUT2D eigenvalue weighted by Crippen LogP contribution is -2.42. The molecule has 1 aliphatic heterocycles. The summed E-state index contributed by atoms with van der Waals surface area (Å²) in [7, 11) is 0. The molecule has 0 radical (unpaired) electrons. The number of hydrogen-bond donors (Lipinski definition) is 1. The molecule has 3 atom stereocenters. The van der Waals surface area contributed by atoms with Crippen molar-refractivity contribution in [2.24, 2.45) is 0 Å². The Kier molecular flexibility index (Phi) is 6.09. The summed E-state index contributed by atoms with van der Waals surface area (Å²) in [5, 5.41) is 3.07. The third-order valence-corrected chi connectivity index (χ3v) is 4.69. The van der Waals surface area contributed by atoms with Crippen LogP contribution in [-0.4, -0.2) is 18.1 Å². The van der Waals surface area contributed by atoms with Crippen LogP contribution in [0, 0.1) is 11.8 Å². The van der Waals surface area contributed by atoms with Gasteiger partial charge in [-0.05, 0) is 43.0 Å². The Labute approximate surface area is 155 Å². The molecule has 26 heavy (non-hydrogen) atoms. The van der Waals surface area contributed by atoms with Gasteiger partial charge in [0.25, 0.3) is 0 Å². The molecule has 0 unspecified atom stereocenters. The van der Waals surface area contributed by atoms with Crippen molar-refractivity contribution in [3.8, 4) is 11.8 Å². The first-order valence-corrected chi connectivity index (χ1v) is 9.24. The molecular weight excluding hydrogens is 322 g/mol. The number of carbonyl (C=O) groups excluding carboxylic acids is 1. The molecule has 134 valence electrons. The lowest BCUT2D eigenvalue weighted by atomic mass is 9.91. The number of rotatable bonds is 3. The van der Waals surface area contributed by atoms with Gasteiger partial charge in [-0.1, -0.05) is 55.2 Å². The Bertz CT molecular complexity index is 804. The van der Waals surface area contributed by atoms with Gasteiger partial charge in [-0.3, -0.25) is 4.79 Å². The molecule has 1 heterocycles. The van der Waals surface area contributed by atoms with E-state index in [1.54, 1.807) is 6.92 Å². The monoisotopic (exact) mass is 347 g/mol. The van der Waals surface area contributed by atoms with E-state index in [4.69, 9.17) is 4.74 Å². The fraction of sp³-hybridized carbons (Fsp3) is 0.348. The standard InChI is InChI=1S/C23H25NO2/c1-3-21-15-20(24-17(2)25)16-23(26-21)22-12-8-7-11-19(22)14-13-18-9-5-4-6-10-18/h4-12,20-21,23H,3,15-16H2,1-2H3,(H,24,25)/t20-,21+,23+/m1/s1. The molecule has 2 aromatic rings. The molecule has 2 aromatic carbocycles. The van der Waals surface area contributed by atoms with Crippen LogP contribution in [0.3, 0.4) is 0 Å². The third kappa shape index (κ3) is 4.74. The highest BCUT2D eigenvalue weighted by atomic mass is 16.5. The molecule has 0 aromatic heterocycles. The zero-order chi connectivity index (χ0) is 18.4. The molecule has 3 rings (SSSR count). The average molecular weight is 347 g/mol. The summed E-state index contributed by atoms with van der Waals surface area (Å²) in [6, 6.07) is 18.3. The molecule has 0 aliphatic carbocycles. The van der Waals surface area contributed by atoms with Crippen LogP contribution in [-0.2, 0) is 9.53 Å². The summed E-state index contributed by atoms with van der Waals surface area (Å²) in [6.45, 7) is 3.70. The first-order chi connectivity index (χ1) is 12.7. The number of nitrogens with one attached hydrogen (secondary N) is 1. The fourth-order valence-corrected chi connectivity index (χ4v) is 3.44. The second-order valence-electron chi connectivity index (χ2n) is 6.73. The van der Waals surface area contributed by atoms with Crippen LogP contribution < -0.4 is 5.32 Å². The number of hydrogen-bond acceptors (Lipinski definition) is 2. The van der Waals surface area contributed by atoms with E-state index in [2.05, 4.69) is 30.1 Å². The van der Waals surface area contributed by atoms with E-state index in [9.17, 15) is 4.79 Å². The molecule has 1 N–H and O–H groups in total. The number of benzene rings is 2. The number of amides is 1. The van der Waals surface area contributed by atoms with Gasteiger partial charge in [-0.2, -0.15) is 0 Å². The van der Waals surface area contributed by atoms with Crippen LogP contribution in [0.5, 0.6) is 0 Å². The molecule has 0 saturated carbocycles. The van der Waals surface area contributed by atoms with Gasteiger partial charge in [0.2, 0.25) is 5.91 Å². The van der Waals surface area contributed by atoms with Crippen molar-refractivity contribution in [1.82, 2.24) is 5.32 Å². The van der Waals surface area contributed by atoms with Crippen molar-refractivity contribution in [2.45, 2.75) is 51.4 Å². The number of ether oxygens (including phenoxy) is 1. The quantitative estimate of drug-likeness (QED) is 0.844. The minimum absolute atomic E-state index is 0.0163. The van der Waals surface area contributed by atoms with Crippen molar-refractivity contribution < 1.29 is 9.53 Å². The molecule has 1 aliphatic rings. The van der Waals surface area contributed by atoms with Gasteiger partial charge >= 0.3 is 0 Å². The van der Waals surface area contributed by atoms with E-state index in [1.807, 2.05) is 48.5 Å². The van der Waals surface area contributed by atoms with Crippen LogP contribution >= 0.6 is 0 Å². The van der Waals surface area contributed by atoms with Crippen molar-refractivity contribution >= 4 is 5.91 Å². The molecule has 1 fully saturated rings. The second kappa shape index (κ2) is 8.69. The first-order valence-electron chi connectivity index (χ1n) is 9.24. The van der Waals surface area contributed by atoms with Gasteiger partial charge in [0, 0.05) is 24.1 Å². The summed E-state index contributed by atoms with van der Waals surface area (Å²) in [5.74, 6) is 6.55.